The first-order chi connectivity index (χ1) is 28.6. The van der Waals surface area contributed by atoms with Gasteiger partial charge in [-0.3, -0.25) is 24.0 Å². The van der Waals surface area contributed by atoms with Gasteiger partial charge in [0.05, 0.1) is 6.42 Å². The maximum atomic E-state index is 14.1. The number of carboxylic acid groups (broad SMARTS) is 1. The van der Waals surface area contributed by atoms with Crippen LogP contribution in [-0.4, -0.2) is 88.2 Å². The number of H-pyrrole nitrogens is 1. The van der Waals surface area contributed by atoms with Crippen molar-refractivity contribution < 1.29 is 48.1 Å². The fourth-order valence-corrected chi connectivity index (χ4v) is 6.16. The van der Waals surface area contributed by atoms with Gasteiger partial charge in [0.15, 0.2) is 0 Å². The van der Waals surface area contributed by atoms with Gasteiger partial charge in [0.2, 0.25) is 23.6 Å². The highest BCUT2D eigenvalue weighted by molar-refractivity contribution is 5.97. The summed E-state index contributed by atoms with van der Waals surface area (Å²) in [5.74, 6) is -4.99. The molecule has 1 heterocycles. The molecule has 0 unspecified atom stereocenters. The van der Waals surface area contributed by atoms with E-state index in [0.29, 0.717) is 17.5 Å². The maximum Gasteiger partial charge on any atom is 0.408 e. The Morgan fingerprint density at radius 1 is 0.683 bits per heavy atom. The molecule has 17 heteroatoms. The molecular formula is C43H53N7O10. The minimum Gasteiger partial charge on any atom is -0.481 e. The summed E-state index contributed by atoms with van der Waals surface area (Å²) in [6.07, 6.45) is -0.171. The summed E-state index contributed by atoms with van der Waals surface area (Å²) < 4.78 is 10.7. The van der Waals surface area contributed by atoms with Crippen LogP contribution in [0.1, 0.15) is 63.1 Å². The Morgan fingerprint density at radius 3 is 1.92 bits per heavy atom. The Balaban J connectivity index is 1.52. The molecule has 17 nitrogen and oxygen atoms in total. The van der Waals surface area contributed by atoms with E-state index in [1.54, 1.807) is 57.3 Å². The standard InChI is InChI=1S/C43H53N7O10/c1-43(2,3)60-42(58)50-34(23-29-25-46-31-19-11-10-18-30(29)31)39(55)47-32(20-12-13-21-45-41(57)59-26-28-16-8-5-9-17-28)38(54)49-35(24-36(51)52)40(56)48-33(37(44)53)22-27-14-6-4-7-15-27/h4-11,14-19,25,32-35,46H,12-13,20-24,26H2,1-3H3,(H2,44,53)(H,45,57)(H,47,55)(H,48,56)(H,49,54)(H,50,58)(H,51,52)/t32-,33-,34-,35-/m0/s1. The SMILES string of the molecule is CC(C)(C)OC(=O)N[C@@H](Cc1c[nH]c2ccccc12)C(=O)N[C@@H](CCCCNC(=O)OCc1ccccc1)C(=O)N[C@@H](CC(=O)O)C(=O)N[C@@H](Cc1ccccc1)C(N)=O. The Morgan fingerprint density at radius 2 is 1.27 bits per heavy atom. The molecule has 0 saturated carbocycles. The molecule has 0 radical (unpaired) electrons. The molecule has 0 saturated heterocycles. The van der Waals surface area contributed by atoms with Gasteiger partial charge in [0.25, 0.3) is 0 Å². The number of aromatic nitrogens is 1. The molecule has 0 aliphatic rings. The van der Waals surface area contributed by atoms with Crippen LogP contribution in [0.15, 0.2) is 91.1 Å². The van der Waals surface area contributed by atoms with Crippen LogP contribution >= 0.6 is 0 Å². The largest absolute Gasteiger partial charge is 0.481 e. The number of para-hydroxylation sites is 1. The molecule has 4 atom stereocenters. The van der Waals surface area contributed by atoms with Crippen molar-refractivity contribution in [1.29, 1.82) is 0 Å². The van der Waals surface area contributed by atoms with E-state index in [0.717, 1.165) is 16.5 Å². The summed E-state index contributed by atoms with van der Waals surface area (Å²) in [5, 5.41) is 23.3. The highest BCUT2D eigenvalue weighted by Gasteiger charge is 2.33. The molecule has 1 aromatic heterocycles. The van der Waals surface area contributed by atoms with Crippen molar-refractivity contribution in [1.82, 2.24) is 31.6 Å². The summed E-state index contributed by atoms with van der Waals surface area (Å²) in [6, 6.07) is 19.6. The first-order valence-corrected chi connectivity index (χ1v) is 19.5. The molecule has 60 heavy (non-hydrogen) atoms. The fraction of sp³-hybridized carbons (Fsp3) is 0.372. The fourth-order valence-electron chi connectivity index (χ4n) is 6.16. The molecule has 0 aliphatic carbocycles. The smallest absolute Gasteiger partial charge is 0.408 e. The lowest BCUT2D eigenvalue weighted by molar-refractivity contribution is -0.141. The number of nitrogens with two attached hydrogens (primary N) is 1. The van der Waals surface area contributed by atoms with Crippen molar-refractivity contribution >= 4 is 52.7 Å². The van der Waals surface area contributed by atoms with Crippen molar-refractivity contribution in [2.45, 2.75) is 95.7 Å². The summed E-state index contributed by atoms with van der Waals surface area (Å²) in [6.45, 7) is 5.21. The van der Waals surface area contributed by atoms with Crippen molar-refractivity contribution in [3.05, 3.63) is 108 Å². The Labute approximate surface area is 347 Å². The monoisotopic (exact) mass is 827 g/mol. The predicted octanol–water partition coefficient (Wildman–Crippen LogP) is 3.36. The third kappa shape index (κ3) is 15.4. The first-order valence-electron chi connectivity index (χ1n) is 19.5. The normalized spacial score (nSPS) is 13.1. The van der Waals surface area contributed by atoms with E-state index < -0.39 is 78.0 Å². The summed E-state index contributed by atoms with van der Waals surface area (Å²) >= 11 is 0. The molecule has 3 aromatic carbocycles. The second-order valence-electron chi connectivity index (χ2n) is 15.1. The van der Waals surface area contributed by atoms with Crippen LogP contribution < -0.4 is 32.3 Å². The molecule has 0 bridgehead atoms. The molecule has 0 aliphatic heterocycles. The number of fused-ring (bicyclic) bond motifs is 1. The Kier molecular flexibility index (Phi) is 17.0. The van der Waals surface area contributed by atoms with Crippen LogP contribution in [0.3, 0.4) is 0 Å². The van der Waals surface area contributed by atoms with E-state index in [4.69, 9.17) is 15.2 Å². The predicted molar refractivity (Wildman–Crippen MR) is 221 cm³/mol. The second-order valence-corrected chi connectivity index (χ2v) is 15.1. The molecule has 0 fully saturated rings. The summed E-state index contributed by atoms with van der Waals surface area (Å²) in [4.78, 5) is 94.3. The number of primary amides is 1. The maximum absolute atomic E-state index is 14.1. The van der Waals surface area contributed by atoms with Crippen LogP contribution in [0.2, 0.25) is 0 Å². The van der Waals surface area contributed by atoms with Crippen LogP contribution in [0, 0.1) is 0 Å². The number of nitrogens with one attached hydrogen (secondary N) is 6. The number of carboxylic acids is 1. The summed E-state index contributed by atoms with van der Waals surface area (Å²) in [5.41, 5.74) is 7.63. The van der Waals surface area contributed by atoms with Gasteiger partial charge >= 0.3 is 18.2 Å². The number of ether oxygens (including phenoxy) is 2. The zero-order valence-electron chi connectivity index (χ0n) is 33.8. The molecule has 6 amide bonds. The van der Waals surface area contributed by atoms with Crippen LogP contribution in [0.25, 0.3) is 10.9 Å². The zero-order valence-corrected chi connectivity index (χ0v) is 33.8. The number of hydrogen-bond donors (Lipinski definition) is 8. The Bertz CT molecular complexity index is 2090. The topological polar surface area (TPSA) is 260 Å². The number of aromatic amines is 1. The van der Waals surface area contributed by atoms with Crippen LogP contribution in [-0.2, 0) is 52.9 Å². The van der Waals surface area contributed by atoms with Crippen molar-refractivity contribution in [3.63, 3.8) is 0 Å². The van der Waals surface area contributed by atoms with E-state index in [1.165, 1.54) is 0 Å². The number of amides is 6. The van der Waals surface area contributed by atoms with E-state index in [1.807, 2.05) is 54.6 Å². The molecule has 0 spiro atoms. The molecule has 320 valence electrons. The minimum atomic E-state index is -1.69. The lowest BCUT2D eigenvalue weighted by atomic mass is 10.0. The number of aliphatic carboxylic acids is 1. The van der Waals surface area contributed by atoms with Gasteiger partial charge in [-0.05, 0) is 62.8 Å². The van der Waals surface area contributed by atoms with Gasteiger partial charge in [-0.25, -0.2) is 9.59 Å². The number of carbonyl (C=O) groups is 7. The minimum absolute atomic E-state index is 0.00460. The van der Waals surface area contributed by atoms with Crippen LogP contribution in [0.5, 0.6) is 0 Å². The molecular weight excluding hydrogens is 775 g/mol. The molecule has 4 aromatic rings. The Hall–Kier alpha value is -6.91. The number of rotatable bonds is 21. The average molecular weight is 828 g/mol. The van der Waals surface area contributed by atoms with E-state index >= 15 is 0 Å². The van der Waals surface area contributed by atoms with Gasteiger partial charge < -0.3 is 51.9 Å². The lowest BCUT2D eigenvalue weighted by Crippen LogP contribution is -2.59. The van der Waals surface area contributed by atoms with Gasteiger partial charge in [0, 0.05) is 36.5 Å². The van der Waals surface area contributed by atoms with Crippen molar-refractivity contribution in [2.24, 2.45) is 5.73 Å². The van der Waals surface area contributed by atoms with E-state index in [9.17, 15) is 38.7 Å². The average Bonchev–Trinajstić information content (AvgIpc) is 3.61. The third-order valence-electron chi connectivity index (χ3n) is 9.10. The number of carbonyl (C=O) groups excluding carboxylic acids is 6. The highest BCUT2D eigenvalue weighted by Crippen LogP contribution is 2.20. The zero-order chi connectivity index (χ0) is 43.7. The van der Waals surface area contributed by atoms with E-state index in [-0.39, 0.29) is 38.8 Å². The van der Waals surface area contributed by atoms with Gasteiger partial charge in [-0.2, -0.15) is 0 Å². The van der Waals surface area contributed by atoms with Gasteiger partial charge in [-0.15, -0.1) is 0 Å². The lowest BCUT2D eigenvalue weighted by Gasteiger charge is -2.26. The molecule has 9 N–H and O–H groups in total. The van der Waals surface area contributed by atoms with E-state index in [2.05, 4.69) is 31.6 Å². The van der Waals surface area contributed by atoms with Crippen LogP contribution in [0.4, 0.5) is 9.59 Å². The van der Waals surface area contributed by atoms with Gasteiger partial charge in [0.1, 0.15) is 36.4 Å². The van der Waals surface area contributed by atoms with Gasteiger partial charge in [-0.1, -0.05) is 78.9 Å². The third-order valence-corrected chi connectivity index (χ3v) is 9.10. The van der Waals surface area contributed by atoms with Crippen molar-refractivity contribution in [3.8, 4) is 0 Å². The van der Waals surface area contributed by atoms with Crippen molar-refractivity contribution in [2.75, 3.05) is 6.54 Å². The highest BCUT2D eigenvalue weighted by atomic mass is 16.6. The number of alkyl carbamates (subject to hydrolysis) is 2. The number of hydrogen-bond acceptors (Lipinski definition) is 9. The molecule has 4 rings (SSSR count). The first kappa shape index (κ1) is 45.8. The number of unbranched alkanes of at least 4 members (excludes halogenated alkanes) is 1. The summed E-state index contributed by atoms with van der Waals surface area (Å²) in [7, 11) is 0. The second kappa shape index (κ2) is 22.3. The number of benzene rings is 3. The quantitative estimate of drug-likeness (QED) is 0.0568.